The van der Waals surface area contributed by atoms with Crippen LogP contribution in [0.1, 0.15) is 24.2 Å². The van der Waals surface area contributed by atoms with E-state index in [0.717, 1.165) is 12.1 Å². The number of nitrogens with zero attached hydrogens (tertiary/aromatic N) is 1. The van der Waals surface area contributed by atoms with Crippen LogP contribution in [0.5, 0.6) is 11.5 Å². The Balaban J connectivity index is 1.85. The smallest absolute Gasteiger partial charge is 0.327 e. The molecule has 27 heavy (non-hydrogen) atoms. The van der Waals surface area contributed by atoms with Gasteiger partial charge >= 0.3 is 5.97 Å². The van der Waals surface area contributed by atoms with Crippen LogP contribution < -0.4 is 14.8 Å². The summed E-state index contributed by atoms with van der Waals surface area (Å²) >= 11 is 1.31. The summed E-state index contributed by atoms with van der Waals surface area (Å²) in [5.74, 6) is -2.93. The zero-order valence-corrected chi connectivity index (χ0v) is 15.9. The standard InChI is InChI=1S/C17H19FN2O6S/c1-17(2)12(16(23)24)20-14(22)11(15(20)27-17)19-13(21)10-8(25-3)5-7(18)6-9(10)26-4/h5-6,11-12,15H,1-4H3,(H,19,21)(H,23,24)/t11-,12+,15-/m1/s1. The number of fused-ring (bicyclic) bond motifs is 1. The molecule has 2 amide bonds. The fourth-order valence-electron chi connectivity index (χ4n) is 3.46. The normalized spacial score (nSPS) is 25.4. The molecule has 2 aliphatic rings. The molecule has 2 heterocycles. The molecule has 0 unspecified atom stereocenters. The van der Waals surface area contributed by atoms with Crippen LogP contribution in [-0.2, 0) is 9.59 Å². The summed E-state index contributed by atoms with van der Waals surface area (Å²) in [7, 11) is 2.57. The highest BCUT2D eigenvalue weighted by atomic mass is 32.2. The van der Waals surface area contributed by atoms with Crippen molar-refractivity contribution in [1.82, 2.24) is 10.2 Å². The number of amides is 2. The topological polar surface area (TPSA) is 105 Å². The van der Waals surface area contributed by atoms with Gasteiger partial charge in [-0.1, -0.05) is 0 Å². The van der Waals surface area contributed by atoms with Gasteiger partial charge in [0.1, 0.15) is 40.3 Å². The number of benzene rings is 1. The molecule has 0 bridgehead atoms. The average molecular weight is 398 g/mol. The minimum absolute atomic E-state index is 0.0317. The number of nitrogens with one attached hydrogen (secondary N) is 1. The second kappa shape index (κ2) is 6.59. The van der Waals surface area contributed by atoms with Gasteiger partial charge in [-0.2, -0.15) is 0 Å². The molecule has 3 rings (SSSR count). The van der Waals surface area contributed by atoms with Gasteiger partial charge in [0, 0.05) is 16.9 Å². The van der Waals surface area contributed by atoms with E-state index >= 15 is 0 Å². The average Bonchev–Trinajstić information content (AvgIpc) is 2.86. The number of carbonyl (C=O) groups is 3. The molecule has 1 aromatic carbocycles. The monoisotopic (exact) mass is 398 g/mol. The number of hydrogen-bond acceptors (Lipinski definition) is 6. The van der Waals surface area contributed by atoms with Gasteiger partial charge in [-0.3, -0.25) is 9.59 Å². The number of carboxylic acids is 1. The first-order valence-electron chi connectivity index (χ1n) is 8.07. The maximum absolute atomic E-state index is 13.6. The lowest BCUT2D eigenvalue weighted by molar-refractivity contribution is -0.159. The number of ether oxygens (including phenoxy) is 2. The molecule has 2 saturated heterocycles. The predicted molar refractivity (Wildman–Crippen MR) is 94.5 cm³/mol. The summed E-state index contributed by atoms with van der Waals surface area (Å²) in [6.45, 7) is 3.49. The largest absolute Gasteiger partial charge is 0.496 e. The highest BCUT2D eigenvalue weighted by Gasteiger charge is 2.64. The van der Waals surface area contributed by atoms with Crippen molar-refractivity contribution in [3.05, 3.63) is 23.5 Å². The number of carbonyl (C=O) groups excluding carboxylic acids is 2. The molecular weight excluding hydrogens is 379 g/mol. The van der Waals surface area contributed by atoms with Crippen molar-refractivity contribution in [2.24, 2.45) is 0 Å². The van der Waals surface area contributed by atoms with Crippen molar-refractivity contribution in [2.45, 2.75) is 36.1 Å². The van der Waals surface area contributed by atoms with Crippen molar-refractivity contribution in [3.8, 4) is 11.5 Å². The zero-order chi connectivity index (χ0) is 20.1. The van der Waals surface area contributed by atoms with E-state index in [4.69, 9.17) is 9.47 Å². The number of methoxy groups -OCH3 is 2. The van der Waals surface area contributed by atoms with E-state index in [1.54, 1.807) is 13.8 Å². The molecule has 2 fully saturated rings. The Morgan fingerprint density at radius 2 is 1.81 bits per heavy atom. The molecule has 2 N–H and O–H groups in total. The van der Waals surface area contributed by atoms with Crippen molar-refractivity contribution in [2.75, 3.05) is 14.2 Å². The van der Waals surface area contributed by atoms with E-state index in [2.05, 4.69) is 5.32 Å². The summed E-state index contributed by atoms with van der Waals surface area (Å²) in [6, 6.07) is 0.231. The second-order valence-corrected chi connectivity index (χ2v) is 8.51. The van der Waals surface area contributed by atoms with Crippen LogP contribution in [0.25, 0.3) is 0 Å². The molecule has 10 heteroatoms. The number of thioether (sulfide) groups is 1. The van der Waals surface area contributed by atoms with E-state index in [0.29, 0.717) is 0 Å². The summed E-state index contributed by atoms with van der Waals surface area (Å²) < 4.78 is 23.0. The van der Waals surface area contributed by atoms with Crippen LogP contribution in [0.2, 0.25) is 0 Å². The van der Waals surface area contributed by atoms with Crippen molar-refractivity contribution < 1.29 is 33.4 Å². The Kier molecular flexibility index (Phi) is 4.71. The van der Waals surface area contributed by atoms with Crippen LogP contribution in [0.15, 0.2) is 12.1 Å². The molecule has 8 nitrogen and oxygen atoms in total. The molecule has 0 spiro atoms. The number of carboxylic acid groups (broad SMARTS) is 1. The summed E-state index contributed by atoms with van der Waals surface area (Å²) in [6.07, 6.45) is 0. The van der Waals surface area contributed by atoms with Crippen LogP contribution in [0.3, 0.4) is 0 Å². The molecule has 0 saturated carbocycles. The lowest BCUT2D eigenvalue weighted by Crippen LogP contribution is -2.70. The Bertz CT molecular complexity index is 805. The number of rotatable bonds is 5. The van der Waals surface area contributed by atoms with Gasteiger partial charge in [0.2, 0.25) is 5.91 Å². The number of β-lactam (4-membered cyclic amide) rings is 1. The predicted octanol–water partition coefficient (Wildman–Crippen LogP) is 1.09. The summed E-state index contributed by atoms with van der Waals surface area (Å²) in [5, 5.41) is 11.5. The van der Waals surface area contributed by atoms with Gasteiger partial charge in [-0.05, 0) is 13.8 Å². The lowest BCUT2D eigenvalue weighted by Gasteiger charge is -2.43. The first kappa shape index (κ1) is 19.3. The Morgan fingerprint density at radius 1 is 1.26 bits per heavy atom. The van der Waals surface area contributed by atoms with E-state index < -0.39 is 45.8 Å². The zero-order valence-electron chi connectivity index (χ0n) is 15.1. The van der Waals surface area contributed by atoms with Crippen molar-refractivity contribution in [1.29, 1.82) is 0 Å². The third-order valence-corrected chi connectivity index (χ3v) is 6.23. The number of hydrogen-bond donors (Lipinski definition) is 2. The van der Waals surface area contributed by atoms with Gasteiger partial charge < -0.3 is 24.8 Å². The SMILES string of the molecule is COc1cc(F)cc(OC)c1C(=O)N[C@@H]1C(=O)N2[C@@H]1SC(C)(C)[C@@H]2C(=O)O. The van der Waals surface area contributed by atoms with Crippen LogP contribution >= 0.6 is 11.8 Å². The molecule has 0 radical (unpaired) electrons. The van der Waals surface area contributed by atoms with Crippen molar-refractivity contribution in [3.63, 3.8) is 0 Å². The first-order valence-corrected chi connectivity index (χ1v) is 8.95. The minimum atomic E-state index is -1.09. The molecule has 3 atom stereocenters. The second-order valence-electron chi connectivity index (χ2n) is 6.73. The quantitative estimate of drug-likeness (QED) is 0.715. The Morgan fingerprint density at radius 3 is 2.30 bits per heavy atom. The van der Waals surface area contributed by atoms with Gasteiger partial charge in [0.15, 0.2) is 0 Å². The Hall–Kier alpha value is -2.49. The van der Waals surface area contributed by atoms with E-state index in [-0.39, 0.29) is 17.1 Å². The molecule has 2 aliphatic heterocycles. The minimum Gasteiger partial charge on any atom is -0.496 e. The lowest BCUT2D eigenvalue weighted by atomic mass is 9.96. The van der Waals surface area contributed by atoms with Gasteiger partial charge in [-0.15, -0.1) is 11.8 Å². The van der Waals surface area contributed by atoms with Gasteiger partial charge in [-0.25, -0.2) is 9.18 Å². The van der Waals surface area contributed by atoms with Crippen molar-refractivity contribution >= 4 is 29.5 Å². The third kappa shape index (κ3) is 2.97. The summed E-state index contributed by atoms with van der Waals surface area (Å²) in [4.78, 5) is 38.0. The number of aliphatic carboxylic acids is 1. The fraction of sp³-hybridized carbons (Fsp3) is 0.471. The first-order chi connectivity index (χ1) is 12.6. The summed E-state index contributed by atoms with van der Waals surface area (Å²) in [5.41, 5.74) is -0.0373. The maximum atomic E-state index is 13.6. The maximum Gasteiger partial charge on any atom is 0.327 e. The molecular formula is C17H19FN2O6S. The van der Waals surface area contributed by atoms with Crippen LogP contribution in [0.4, 0.5) is 4.39 Å². The van der Waals surface area contributed by atoms with E-state index in [1.165, 1.54) is 30.9 Å². The number of halogens is 1. The van der Waals surface area contributed by atoms with Crippen LogP contribution in [-0.4, -0.2) is 64.2 Å². The van der Waals surface area contributed by atoms with E-state index in [1.807, 2.05) is 0 Å². The highest BCUT2D eigenvalue weighted by Crippen LogP contribution is 2.50. The van der Waals surface area contributed by atoms with Gasteiger partial charge in [0.05, 0.1) is 14.2 Å². The fourth-order valence-corrected chi connectivity index (χ4v) is 5.09. The van der Waals surface area contributed by atoms with E-state index in [9.17, 15) is 23.9 Å². The molecule has 146 valence electrons. The van der Waals surface area contributed by atoms with Crippen LogP contribution in [0, 0.1) is 5.82 Å². The third-order valence-electron chi connectivity index (χ3n) is 4.66. The molecule has 1 aromatic rings. The Labute approximate surface area is 159 Å². The molecule has 0 aliphatic carbocycles. The van der Waals surface area contributed by atoms with Gasteiger partial charge in [0.25, 0.3) is 5.91 Å². The molecule has 0 aromatic heterocycles. The highest BCUT2D eigenvalue weighted by molar-refractivity contribution is 8.01.